The largest absolute Gasteiger partial charge is 0.381 e. The Morgan fingerprint density at radius 1 is 1.29 bits per heavy atom. The van der Waals surface area contributed by atoms with Gasteiger partial charge in [0.05, 0.1) is 11.6 Å². The molecular formula is C15H24N2O4. The van der Waals surface area contributed by atoms with Crippen LogP contribution < -0.4 is 5.32 Å². The number of rotatable bonds is 1. The molecule has 3 aliphatic rings. The number of carbonyl (C=O) groups excluding carboxylic acids is 2. The highest BCUT2D eigenvalue weighted by molar-refractivity contribution is 5.79. The fraction of sp³-hybridized carbons (Fsp3) is 0.867. The molecule has 3 aliphatic heterocycles. The van der Waals surface area contributed by atoms with Gasteiger partial charge in [0.15, 0.2) is 0 Å². The van der Waals surface area contributed by atoms with E-state index in [1.807, 2.05) is 11.8 Å². The number of carbonyl (C=O) groups is 2. The van der Waals surface area contributed by atoms with Crippen LogP contribution in [0.15, 0.2) is 0 Å². The van der Waals surface area contributed by atoms with Crippen molar-refractivity contribution in [2.24, 2.45) is 5.92 Å². The predicted molar refractivity (Wildman–Crippen MR) is 75.6 cm³/mol. The van der Waals surface area contributed by atoms with Crippen LogP contribution in [0.25, 0.3) is 0 Å². The molecule has 0 aromatic carbocycles. The predicted octanol–water partition coefficient (Wildman–Crippen LogP) is 0.309. The lowest BCUT2D eigenvalue weighted by Crippen LogP contribution is -2.63. The average Bonchev–Trinajstić information content (AvgIpc) is 2.52. The third-order valence-electron chi connectivity index (χ3n) is 5.15. The Balaban J connectivity index is 1.57. The van der Waals surface area contributed by atoms with Crippen LogP contribution in [0.1, 0.15) is 32.6 Å². The maximum Gasteiger partial charge on any atom is 0.246 e. The molecule has 0 bridgehead atoms. The van der Waals surface area contributed by atoms with Crippen LogP contribution >= 0.6 is 0 Å². The van der Waals surface area contributed by atoms with Crippen molar-refractivity contribution in [1.82, 2.24) is 10.2 Å². The number of hydrogen-bond acceptors (Lipinski definition) is 4. The first-order valence-electron chi connectivity index (χ1n) is 7.90. The van der Waals surface area contributed by atoms with Gasteiger partial charge in [0, 0.05) is 32.2 Å². The minimum absolute atomic E-state index is 0.0130. The molecule has 2 amide bonds. The summed E-state index contributed by atoms with van der Waals surface area (Å²) in [6, 6.07) is 0.0130. The summed E-state index contributed by atoms with van der Waals surface area (Å²) in [5.41, 5.74) is -0.291. The van der Waals surface area contributed by atoms with Gasteiger partial charge in [0.1, 0.15) is 6.61 Å². The van der Waals surface area contributed by atoms with E-state index in [1.165, 1.54) is 0 Å². The normalized spacial score (nSPS) is 30.2. The summed E-state index contributed by atoms with van der Waals surface area (Å²) in [7, 11) is 0. The van der Waals surface area contributed by atoms with Gasteiger partial charge in [-0.3, -0.25) is 9.59 Å². The standard InChI is InChI=1S/C15H24N2O4/c1-11-15(21-10-13(18)16-11)4-6-17(7-5-15)14(19)12-2-8-20-9-3-12/h11-12H,2-10H2,1H3,(H,16,18)/t11-/m0/s1. The Bertz CT molecular complexity index is 412. The number of ether oxygens (including phenoxy) is 2. The van der Waals surface area contributed by atoms with Crippen molar-refractivity contribution < 1.29 is 19.1 Å². The van der Waals surface area contributed by atoms with Crippen molar-refractivity contribution in [3.63, 3.8) is 0 Å². The zero-order valence-electron chi connectivity index (χ0n) is 12.6. The fourth-order valence-corrected chi connectivity index (χ4v) is 3.63. The molecule has 1 spiro atoms. The third kappa shape index (κ3) is 2.92. The number of morpholine rings is 1. The Morgan fingerprint density at radius 3 is 2.57 bits per heavy atom. The van der Waals surface area contributed by atoms with Gasteiger partial charge in [0.2, 0.25) is 11.8 Å². The quantitative estimate of drug-likeness (QED) is 0.756. The van der Waals surface area contributed by atoms with E-state index in [-0.39, 0.29) is 36.0 Å². The van der Waals surface area contributed by atoms with Gasteiger partial charge in [-0.2, -0.15) is 0 Å². The first kappa shape index (κ1) is 14.8. The van der Waals surface area contributed by atoms with Crippen molar-refractivity contribution in [2.75, 3.05) is 32.9 Å². The molecule has 3 fully saturated rings. The van der Waals surface area contributed by atoms with E-state index < -0.39 is 0 Å². The third-order valence-corrected chi connectivity index (χ3v) is 5.15. The van der Waals surface area contributed by atoms with Crippen LogP contribution in [0.4, 0.5) is 0 Å². The summed E-state index contributed by atoms with van der Waals surface area (Å²) in [4.78, 5) is 25.8. The number of nitrogens with zero attached hydrogens (tertiary/aromatic N) is 1. The van der Waals surface area contributed by atoms with E-state index in [0.717, 1.165) is 38.8 Å². The molecule has 1 N–H and O–H groups in total. The molecule has 6 heteroatoms. The summed E-state index contributed by atoms with van der Waals surface area (Å²) >= 11 is 0. The second-order valence-corrected chi connectivity index (χ2v) is 6.35. The van der Waals surface area contributed by atoms with E-state index >= 15 is 0 Å². The van der Waals surface area contributed by atoms with E-state index in [4.69, 9.17) is 9.47 Å². The zero-order valence-corrected chi connectivity index (χ0v) is 12.6. The summed E-state index contributed by atoms with van der Waals surface area (Å²) in [6.07, 6.45) is 3.26. The lowest BCUT2D eigenvalue weighted by Gasteiger charge is -2.48. The van der Waals surface area contributed by atoms with Crippen LogP contribution in [0, 0.1) is 5.92 Å². The van der Waals surface area contributed by atoms with Gasteiger partial charge >= 0.3 is 0 Å². The second-order valence-electron chi connectivity index (χ2n) is 6.35. The maximum atomic E-state index is 12.5. The Hall–Kier alpha value is -1.14. The molecule has 3 rings (SSSR count). The van der Waals surface area contributed by atoms with Crippen molar-refractivity contribution in [1.29, 1.82) is 0 Å². The molecule has 0 aromatic rings. The Morgan fingerprint density at radius 2 is 1.95 bits per heavy atom. The molecule has 6 nitrogen and oxygen atoms in total. The SMILES string of the molecule is C[C@@H]1NC(=O)COC12CCN(C(=O)C1CCOCC1)CC2. The minimum atomic E-state index is -0.291. The number of likely N-dealkylation sites (tertiary alicyclic amines) is 1. The van der Waals surface area contributed by atoms with Gasteiger partial charge in [-0.1, -0.05) is 0 Å². The van der Waals surface area contributed by atoms with E-state index in [9.17, 15) is 9.59 Å². The Labute approximate surface area is 125 Å². The van der Waals surface area contributed by atoms with Gasteiger partial charge in [-0.15, -0.1) is 0 Å². The van der Waals surface area contributed by atoms with Crippen LogP contribution in [0.5, 0.6) is 0 Å². The van der Waals surface area contributed by atoms with Crippen molar-refractivity contribution in [3.8, 4) is 0 Å². The molecule has 0 radical (unpaired) electrons. The number of nitrogens with one attached hydrogen (secondary N) is 1. The number of amides is 2. The molecular weight excluding hydrogens is 272 g/mol. The lowest BCUT2D eigenvalue weighted by atomic mass is 9.83. The second kappa shape index (κ2) is 5.93. The van der Waals surface area contributed by atoms with Crippen molar-refractivity contribution in [3.05, 3.63) is 0 Å². The van der Waals surface area contributed by atoms with Gasteiger partial charge in [0.25, 0.3) is 0 Å². The van der Waals surface area contributed by atoms with Gasteiger partial charge in [-0.05, 0) is 32.6 Å². The Kier molecular flexibility index (Phi) is 4.17. The monoisotopic (exact) mass is 296 g/mol. The number of piperidine rings is 1. The molecule has 0 unspecified atom stereocenters. The zero-order chi connectivity index (χ0) is 14.9. The number of hydrogen-bond donors (Lipinski definition) is 1. The molecule has 3 heterocycles. The van der Waals surface area contributed by atoms with Crippen LogP contribution in [0.2, 0.25) is 0 Å². The van der Waals surface area contributed by atoms with E-state index in [2.05, 4.69) is 5.32 Å². The van der Waals surface area contributed by atoms with E-state index in [0.29, 0.717) is 13.2 Å². The van der Waals surface area contributed by atoms with Crippen LogP contribution in [-0.4, -0.2) is 61.3 Å². The summed E-state index contributed by atoms with van der Waals surface area (Å²) in [6.45, 7) is 4.96. The maximum absolute atomic E-state index is 12.5. The molecule has 1 atom stereocenters. The minimum Gasteiger partial charge on any atom is -0.381 e. The lowest BCUT2D eigenvalue weighted by molar-refractivity contribution is -0.164. The summed E-state index contributed by atoms with van der Waals surface area (Å²) in [5, 5.41) is 2.96. The summed E-state index contributed by atoms with van der Waals surface area (Å²) < 4.78 is 11.2. The molecule has 21 heavy (non-hydrogen) atoms. The highest BCUT2D eigenvalue weighted by Gasteiger charge is 2.45. The average molecular weight is 296 g/mol. The van der Waals surface area contributed by atoms with Gasteiger partial charge in [-0.25, -0.2) is 0 Å². The molecule has 118 valence electrons. The summed E-state index contributed by atoms with van der Waals surface area (Å²) in [5.74, 6) is 0.340. The van der Waals surface area contributed by atoms with E-state index in [1.54, 1.807) is 0 Å². The molecule has 0 aromatic heterocycles. The fourth-order valence-electron chi connectivity index (χ4n) is 3.63. The molecule has 0 saturated carbocycles. The first-order chi connectivity index (χ1) is 10.1. The van der Waals surface area contributed by atoms with Crippen LogP contribution in [-0.2, 0) is 19.1 Å². The molecule has 3 saturated heterocycles. The highest BCUT2D eigenvalue weighted by Crippen LogP contribution is 2.33. The van der Waals surface area contributed by atoms with Gasteiger partial charge < -0.3 is 19.7 Å². The smallest absolute Gasteiger partial charge is 0.246 e. The van der Waals surface area contributed by atoms with Crippen molar-refractivity contribution in [2.45, 2.75) is 44.2 Å². The topological polar surface area (TPSA) is 67.9 Å². The van der Waals surface area contributed by atoms with Crippen LogP contribution in [0.3, 0.4) is 0 Å². The van der Waals surface area contributed by atoms with Crippen molar-refractivity contribution >= 4 is 11.8 Å². The molecule has 0 aliphatic carbocycles. The highest BCUT2D eigenvalue weighted by atomic mass is 16.5. The first-order valence-corrected chi connectivity index (χ1v) is 7.90.